The van der Waals surface area contributed by atoms with Crippen LogP contribution in [0.5, 0.6) is 0 Å². The molecule has 1 N–H and O–H groups in total. The van der Waals surface area contributed by atoms with Crippen LogP contribution in [0.1, 0.15) is 25.5 Å². The molecular formula is C12H19N3O2. The van der Waals surface area contributed by atoms with Gasteiger partial charge in [0.15, 0.2) is 0 Å². The molecule has 1 rings (SSSR count). The lowest BCUT2D eigenvalue weighted by Gasteiger charge is -2.18. The van der Waals surface area contributed by atoms with Gasteiger partial charge in [-0.1, -0.05) is 19.4 Å². The Bertz CT molecular complexity index is 374. The van der Waals surface area contributed by atoms with Gasteiger partial charge in [-0.2, -0.15) is 4.98 Å². The highest BCUT2D eigenvalue weighted by atomic mass is 16.4. The molecule has 5 heteroatoms. The van der Waals surface area contributed by atoms with E-state index >= 15 is 0 Å². The summed E-state index contributed by atoms with van der Waals surface area (Å²) in [5, 5.41) is 2.72. The number of aromatic nitrogens is 1. The molecule has 94 valence electrons. The predicted molar refractivity (Wildman–Crippen MR) is 67.1 cm³/mol. The fourth-order valence-corrected chi connectivity index (χ4v) is 1.32. The minimum absolute atomic E-state index is 0.208. The van der Waals surface area contributed by atoms with E-state index in [9.17, 15) is 4.79 Å². The van der Waals surface area contributed by atoms with Crippen LogP contribution >= 0.6 is 0 Å². The molecule has 0 atom stereocenters. The Morgan fingerprint density at radius 1 is 1.71 bits per heavy atom. The summed E-state index contributed by atoms with van der Waals surface area (Å²) in [6.07, 6.45) is 5.08. The first-order chi connectivity index (χ1) is 8.19. The molecular weight excluding hydrogens is 218 g/mol. The van der Waals surface area contributed by atoms with E-state index in [0.717, 1.165) is 18.5 Å². The molecule has 5 nitrogen and oxygen atoms in total. The van der Waals surface area contributed by atoms with Crippen molar-refractivity contribution < 1.29 is 9.21 Å². The first-order valence-electron chi connectivity index (χ1n) is 5.77. The number of anilines is 1. The second-order valence-electron chi connectivity index (χ2n) is 3.75. The monoisotopic (exact) mass is 237 g/mol. The second kappa shape index (κ2) is 6.73. The summed E-state index contributed by atoms with van der Waals surface area (Å²) in [5.74, 6) is 0. The van der Waals surface area contributed by atoms with Gasteiger partial charge in [-0.05, 0) is 13.3 Å². The van der Waals surface area contributed by atoms with Crippen molar-refractivity contribution in [3.63, 3.8) is 0 Å². The number of carbonyl (C=O) groups is 1. The van der Waals surface area contributed by atoms with Crippen LogP contribution in [0, 0.1) is 6.92 Å². The van der Waals surface area contributed by atoms with Crippen molar-refractivity contribution in [2.75, 3.05) is 18.0 Å². The average Bonchev–Trinajstić information content (AvgIpc) is 2.73. The smallest absolute Gasteiger partial charge is 0.325 e. The number of nitrogens with one attached hydrogen (secondary N) is 1. The molecule has 0 aliphatic carbocycles. The second-order valence-corrected chi connectivity index (χ2v) is 3.75. The number of unbranched alkanes of at least 4 members (excludes halogenated alkanes) is 1. The van der Waals surface area contributed by atoms with Crippen LogP contribution in [-0.4, -0.2) is 24.1 Å². The summed E-state index contributed by atoms with van der Waals surface area (Å²) in [6.45, 7) is 8.48. The predicted octanol–water partition coefficient (Wildman–Crippen LogP) is 2.49. The Kier molecular flexibility index (Phi) is 5.26. The SMILES string of the molecule is C=CCNC(=O)N(CCCC)c1nc(C)co1. The Balaban J connectivity index is 2.72. The van der Waals surface area contributed by atoms with Gasteiger partial charge in [0.05, 0.1) is 5.69 Å². The van der Waals surface area contributed by atoms with Crippen LogP contribution in [0.25, 0.3) is 0 Å². The van der Waals surface area contributed by atoms with Crippen LogP contribution < -0.4 is 10.2 Å². The van der Waals surface area contributed by atoms with Crippen molar-refractivity contribution in [2.45, 2.75) is 26.7 Å². The van der Waals surface area contributed by atoms with E-state index in [1.165, 1.54) is 11.2 Å². The standard InChI is InChI=1S/C12H19N3O2/c1-4-6-8-15(11(16)13-7-5-2)12-14-10(3)9-17-12/h5,9H,2,4,6-8H2,1,3H3,(H,13,16). The molecule has 0 unspecified atom stereocenters. The Morgan fingerprint density at radius 2 is 2.47 bits per heavy atom. The lowest BCUT2D eigenvalue weighted by atomic mass is 10.3. The molecule has 0 saturated heterocycles. The number of urea groups is 1. The molecule has 0 bridgehead atoms. The van der Waals surface area contributed by atoms with Gasteiger partial charge in [0.25, 0.3) is 0 Å². The van der Waals surface area contributed by atoms with Crippen LogP contribution in [0.15, 0.2) is 23.3 Å². The van der Waals surface area contributed by atoms with Gasteiger partial charge in [0, 0.05) is 13.1 Å². The number of amides is 2. The normalized spacial score (nSPS) is 10.0. The zero-order valence-electron chi connectivity index (χ0n) is 10.4. The Morgan fingerprint density at radius 3 is 3.00 bits per heavy atom. The molecule has 0 spiro atoms. The fourth-order valence-electron chi connectivity index (χ4n) is 1.32. The van der Waals surface area contributed by atoms with E-state index in [4.69, 9.17) is 4.42 Å². The zero-order chi connectivity index (χ0) is 12.7. The van der Waals surface area contributed by atoms with Gasteiger partial charge in [0.2, 0.25) is 0 Å². The van der Waals surface area contributed by atoms with Gasteiger partial charge in [-0.25, -0.2) is 9.69 Å². The quantitative estimate of drug-likeness (QED) is 0.773. The number of hydrogen-bond donors (Lipinski definition) is 1. The highest BCUT2D eigenvalue weighted by molar-refractivity contribution is 5.89. The maximum atomic E-state index is 11.9. The van der Waals surface area contributed by atoms with Crippen molar-refractivity contribution >= 4 is 12.0 Å². The molecule has 2 amide bonds. The van der Waals surface area contributed by atoms with Crippen molar-refractivity contribution in [1.29, 1.82) is 0 Å². The Hall–Kier alpha value is -1.78. The molecule has 0 saturated carbocycles. The summed E-state index contributed by atoms with van der Waals surface area (Å²) in [7, 11) is 0. The van der Waals surface area contributed by atoms with Gasteiger partial charge in [0.1, 0.15) is 6.26 Å². The maximum absolute atomic E-state index is 11.9. The van der Waals surface area contributed by atoms with Gasteiger partial charge in [-0.3, -0.25) is 0 Å². The minimum atomic E-state index is -0.208. The van der Waals surface area contributed by atoms with Crippen molar-refractivity contribution in [1.82, 2.24) is 10.3 Å². The highest BCUT2D eigenvalue weighted by Gasteiger charge is 2.18. The summed E-state index contributed by atoms with van der Waals surface area (Å²) in [6, 6.07) is 0.137. The molecule has 0 aliphatic rings. The molecule has 0 radical (unpaired) electrons. The lowest BCUT2D eigenvalue weighted by Crippen LogP contribution is -2.41. The summed E-state index contributed by atoms with van der Waals surface area (Å²) in [5.41, 5.74) is 0.762. The third-order valence-electron chi connectivity index (χ3n) is 2.22. The third-order valence-corrected chi connectivity index (χ3v) is 2.22. The number of aryl methyl sites for hydroxylation is 1. The molecule has 1 aromatic heterocycles. The Labute approximate surface area is 102 Å². The molecule has 1 aromatic rings. The van der Waals surface area contributed by atoms with Crippen LogP contribution in [-0.2, 0) is 0 Å². The van der Waals surface area contributed by atoms with E-state index in [2.05, 4.69) is 23.8 Å². The third kappa shape index (κ3) is 3.94. The van der Waals surface area contributed by atoms with E-state index in [0.29, 0.717) is 19.1 Å². The first-order valence-corrected chi connectivity index (χ1v) is 5.77. The van der Waals surface area contributed by atoms with Crippen LogP contribution in [0.2, 0.25) is 0 Å². The van der Waals surface area contributed by atoms with Crippen molar-refractivity contribution in [3.05, 3.63) is 24.6 Å². The number of carbonyl (C=O) groups excluding carboxylic acids is 1. The summed E-state index contributed by atoms with van der Waals surface area (Å²) < 4.78 is 5.25. The van der Waals surface area contributed by atoms with Crippen molar-refractivity contribution in [3.8, 4) is 0 Å². The van der Waals surface area contributed by atoms with Crippen LogP contribution in [0.4, 0.5) is 10.8 Å². The topological polar surface area (TPSA) is 58.4 Å². The number of rotatable bonds is 6. The van der Waals surface area contributed by atoms with E-state index < -0.39 is 0 Å². The zero-order valence-corrected chi connectivity index (χ0v) is 10.4. The summed E-state index contributed by atoms with van der Waals surface area (Å²) in [4.78, 5) is 17.6. The fraction of sp³-hybridized carbons (Fsp3) is 0.500. The molecule has 1 heterocycles. The highest BCUT2D eigenvalue weighted by Crippen LogP contribution is 2.14. The molecule has 17 heavy (non-hydrogen) atoms. The van der Waals surface area contributed by atoms with E-state index in [-0.39, 0.29) is 6.03 Å². The van der Waals surface area contributed by atoms with E-state index in [1.54, 1.807) is 6.08 Å². The number of hydrogen-bond acceptors (Lipinski definition) is 3. The van der Waals surface area contributed by atoms with Gasteiger partial charge in [-0.15, -0.1) is 6.58 Å². The largest absolute Gasteiger partial charge is 0.431 e. The minimum Gasteiger partial charge on any atom is -0.431 e. The lowest BCUT2D eigenvalue weighted by molar-refractivity contribution is 0.245. The van der Waals surface area contributed by atoms with Gasteiger partial charge >= 0.3 is 12.0 Å². The molecule has 0 aromatic carbocycles. The molecule has 0 aliphatic heterocycles. The van der Waals surface area contributed by atoms with Crippen LogP contribution in [0.3, 0.4) is 0 Å². The van der Waals surface area contributed by atoms with Gasteiger partial charge < -0.3 is 9.73 Å². The maximum Gasteiger partial charge on any atom is 0.325 e. The number of nitrogens with zero attached hydrogens (tertiary/aromatic N) is 2. The van der Waals surface area contributed by atoms with Crippen molar-refractivity contribution in [2.24, 2.45) is 0 Å². The molecule has 0 fully saturated rings. The summed E-state index contributed by atoms with van der Waals surface area (Å²) >= 11 is 0. The first kappa shape index (κ1) is 13.3. The average molecular weight is 237 g/mol. The van der Waals surface area contributed by atoms with E-state index in [1.807, 2.05) is 6.92 Å². The number of oxazole rings is 1.